The van der Waals surface area contributed by atoms with E-state index in [-0.39, 0.29) is 6.10 Å². The monoisotopic (exact) mass is 564 g/mol. The van der Waals surface area contributed by atoms with Crippen molar-refractivity contribution < 1.29 is 14.3 Å². The van der Waals surface area contributed by atoms with Gasteiger partial charge in [-0.2, -0.15) is 0 Å². The fourth-order valence-electron chi connectivity index (χ4n) is 6.13. The van der Waals surface area contributed by atoms with Gasteiger partial charge in [0.05, 0.1) is 29.9 Å². The number of piperazine rings is 1. The van der Waals surface area contributed by atoms with Crippen LogP contribution in [-0.4, -0.2) is 79.0 Å². The van der Waals surface area contributed by atoms with Gasteiger partial charge in [-0.05, 0) is 71.0 Å². The van der Waals surface area contributed by atoms with Gasteiger partial charge in [0.25, 0.3) is 0 Å². The van der Waals surface area contributed by atoms with Crippen LogP contribution < -0.4 is 15.8 Å². The summed E-state index contributed by atoms with van der Waals surface area (Å²) >= 11 is 0. The molecule has 4 rings (SSSR count). The number of nitrogens with zero attached hydrogens (tertiary/aromatic N) is 4. The van der Waals surface area contributed by atoms with Crippen LogP contribution in [0.25, 0.3) is 5.70 Å². The highest BCUT2D eigenvalue weighted by Crippen LogP contribution is 2.37. The molecule has 0 aromatic heterocycles. The van der Waals surface area contributed by atoms with Gasteiger partial charge < -0.3 is 25.0 Å². The summed E-state index contributed by atoms with van der Waals surface area (Å²) in [6, 6.07) is 6.17. The Kier molecular flexibility index (Phi) is 10.5. The summed E-state index contributed by atoms with van der Waals surface area (Å²) in [6.45, 7) is 15.1. The van der Waals surface area contributed by atoms with Gasteiger partial charge in [-0.1, -0.05) is 26.0 Å². The maximum atomic E-state index is 12.4. The summed E-state index contributed by atoms with van der Waals surface area (Å²) in [5.74, 6) is 0.888. The third-order valence-corrected chi connectivity index (χ3v) is 8.61. The number of amides is 1. The third-order valence-electron chi connectivity index (χ3n) is 8.61. The molecule has 2 fully saturated rings. The van der Waals surface area contributed by atoms with Crippen molar-refractivity contribution in [2.24, 2.45) is 16.6 Å². The van der Waals surface area contributed by atoms with E-state index in [1.54, 1.807) is 13.2 Å². The lowest BCUT2D eigenvalue weighted by molar-refractivity contribution is 0.0830. The highest BCUT2D eigenvalue weighted by Gasteiger charge is 2.32. The van der Waals surface area contributed by atoms with Crippen LogP contribution in [0.2, 0.25) is 0 Å². The Bertz CT molecular complexity index is 1180. The summed E-state index contributed by atoms with van der Waals surface area (Å²) in [4.78, 5) is 24.2. The SMILES string of the molecule is C=C(C1CCC(N2CCN(C)CC2)CC1)N1C=CN=C(C)/C1=C(/N)c1ccc(NC(=O)O[C@@H](C)CCC)c(OC)c1. The number of hydrogen-bond donors (Lipinski definition) is 2. The number of nitrogens with two attached hydrogens (primary N) is 1. The molecular weight excluding hydrogens is 516 g/mol. The predicted octanol–water partition coefficient (Wildman–Crippen LogP) is 5.63. The van der Waals surface area contributed by atoms with Crippen LogP contribution in [0, 0.1) is 5.92 Å². The molecule has 0 radical (unpaired) electrons. The summed E-state index contributed by atoms with van der Waals surface area (Å²) in [7, 11) is 3.78. The van der Waals surface area contributed by atoms with Crippen molar-refractivity contribution >= 4 is 23.2 Å². The summed E-state index contributed by atoms with van der Waals surface area (Å²) in [6.07, 6.45) is 9.48. The van der Waals surface area contributed by atoms with E-state index in [9.17, 15) is 4.79 Å². The van der Waals surface area contributed by atoms with Crippen LogP contribution in [0.1, 0.15) is 64.9 Å². The number of hydrogen-bond acceptors (Lipinski definition) is 8. The topological polar surface area (TPSA) is 95.7 Å². The molecule has 3 aliphatic rings. The lowest BCUT2D eigenvalue weighted by atomic mass is 9.82. The van der Waals surface area contributed by atoms with Crippen LogP contribution in [-0.2, 0) is 4.74 Å². The minimum Gasteiger partial charge on any atom is -0.495 e. The zero-order valence-electron chi connectivity index (χ0n) is 25.5. The zero-order chi connectivity index (χ0) is 29.5. The highest BCUT2D eigenvalue weighted by atomic mass is 16.6. The van der Waals surface area contributed by atoms with Crippen molar-refractivity contribution in [3.8, 4) is 5.75 Å². The maximum Gasteiger partial charge on any atom is 0.412 e. The van der Waals surface area contributed by atoms with E-state index in [0.717, 1.165) is 74.5 Å². The van der Waals surface area contributed by atoms with E-state index in [0.29, 0.717) is 29.1 Å². The molecular formula is C32H48N6O3. The second-order valence-electron chi connectivity index (χ2n) is 11.5. The number of rotatable bonds is 9. The van der Waals surface area contributed by atoms with Gasteiger partial charge in [0, 0.05) is 55.9 Å². The Morgan fingerprint density at radius 1 is 1.20 bits per heavy atom. The van der Waals surface area contributed by atoms with Crippen molar-refractivity contribution in [3.63, 3.8) is 0 Å². The minimum atomic E-state index is -0.506. The van der Waals surface area contributed by atoms with Gasteiger partial charge in [-0.25, -0.2) is 4.79 Å². The molecule has 1 aromatic carbocycles. The first-order valence-electron chi connectivity index (χ1n) is 15.0. The molecule has 41 heavy (non-hydrogen) atoms. The number of carbonyl (C=O) groups excluding carboxylic acids is 1. The third kappa shape index (κ3) is 7.51. The molecule has 1 saturated carbocycles. The van der Waals surface area contributed by atoms with Crippen LogP contribution >= 0.6 is 0 Å². The maximum absolute atomic E-state index is 12.4. The molecule has 2 aliphatic heterocycles. The number of methoxy groups -OCH3 is 1. The second-order valence-corrected chi connectivity index (χ2v) is 11.5. The summed E-state index contributed by atoms with van der Waals surface area (Å²) in [5, 5.41) is 2.80. The first-order chi connectivity index (χ1) is 19.7. The summed E-state index contributed by atoms with van der Waals surface area (Å²) in [5.41, 5.74) is 11.4. The Morgan fingerprint density at radius 3 is 2.56 bits per heavy atom. The smallest absolute Gasteiger partial charge is 0.412 e. The molecule has 224 valence electrons. The first kappa shape index (κ1) is 30.7. The Balaban J connectivity index is 1.48. The van der Waals surface area contributed by atoms with Crippen molar-refractivity contribution in [3.05, 3.63) is 54.1 Å². The molecule has 0 spiro atoms. The van der Waals surface area contributed by atoms with Gasteiger partial charge in [0.15, 0.2) is 0 Å². The number of ether oxygens (including phenoxy) is 2. The number of anilines is 1. The quantitative estimate of drug-likeness (QED) is 0.402. The van der Waals surface area contributed by atoms with Gasteiger partial charge in [-0.3, -0.25) is 15.2 Å². The van der Waals surface area contributed by atoms with Crippen LogP contribution in [0.5, 0.6) is 5.75 Å². The normalized spacial score (nSPS) is 23.9. The van der Waals surface area contributed by atoms with Crippen molar-refractivity contribution in [1.29, 1.82) is 0 Å². The molecule has 1 aliphatic carbocycles. The number of nitrogens with one attached hydrogen (secondary N) is 1. The van der Waals surface area contributed by atoms with Crippen molar-refractivity contribution in [2.75, 3.05) is 45.7 Å². The predicted molar refractivity (Wildman–Crippen MR) is 167 cm³/mol. The highest BCUT2D eigenvalue weighted by molar-refractivity contribution is 6.05. The van der Waals surface area contributed by atoms with Gasteiger partial charge in [-0.15, -0.1) is 0 Å². The summed E-state index contributed by atoms with van der Waals surface area (Å²) < 4.78 is 11.0. The molecule has 2 heterocycles. The second kappa shape index (κ2) is 14.0. The van der Waals surface area contributed by atoms with Crippen LogP contribution in [0.15, 0.2) is 53.6 Å². The van der Waals surface area contributed by atoms with Crippen molar-refractivity contribution in [1.82, 2.24) is 14.7 Å². The number of benzene rings is 1. The average Bonchev–Trinajstić information content (AvgIpc) is 2.97. The average molecular weight is 565 g/mol. The number of likely N-dealkylation sites (N-methyl/N-ethyl adjacent to an activating group) is 1. The van der Waals surface area contributed by atoms with Gasteiger partial charge in [0.1, 0.15) is 11.9 Å². The molecule has 0 unspecified atom stereocenters. The number of carbonyl (C=O) groups is 1. The Morgan fingerprint density at radius 2 is 1.90 bits per heavy atom. The van der Waals surface area contributed by atoms with Crippen LogP contribution in [0.3, 0.4) is 0 Å². The molecule has 1 amide bonds. The molecule has 1 aromatic rings. The zero-order valence-corrected chi connectivity index (χ0v) is 25.5. The standard InChI is InChI=1S/C32H48N6O3/c1-7-8-22(2)41-32(39)35-28-14-11-26(21-29(28)40-6)30(33)31-23(3)34-15-16-38(31)24(4)25-9-12-27(13-10-25)37-19-17-36(5)18-20-37/h11,14-16,21-22,25,27H,4,7-10,12-13,17-20,33H2,1-3,5-6H3,(H,35,39)/b31-30-/t22-,25?,27?/m0/s1. The molecule has 1 saturated heterocycles. The first-order valence-corrected chi connectivity index (χ1v) is 15.0. The minimum absolute atomic E-state index is 0.159. The van der Waals surface area contributed by atoms with E-state index >= 15 is 0 Å². The molecule has 9 heteroatoms. The molecule has 1 atom stereocenters. The number of aliphatic imine (C=N–C) groups is 1. The van der Waals surface area contributed by atoms with Crippen molar-refractivity contribution in [2.45, 2.75) is 71.4 Å². The van der Waals surface area contributed by atoms with Gasteiger partial charge >= 0.3 is 6.09 Å². The number of allylic oxidation sites excluding steroid dienone is 2. The van der Waals surface area contributed by atoms with Gasteiger partial charge in [0.2, 0.25) is 0 Å². The van der Waals surface area contributed by atoms with E-state index in [1.807, 2.05) is 38.4 Å². The lowest BCUT2D eigenvalue weighted by Crippen LogP contribution is -2.50. The van der Waals surface area contributed by atoms with Crippen LogP contribution in [0.4, 0.5) is 10.5 Å². The Labute approximate surface area is 245 Å². The van der Waals surface area contributed by atoms with E-state index in [2.05, 4.69) is 45.6 Å². The molecule has 0 bridgehead atoms. The molecule has 9 nitrogen and oxygen atoms in total. The Hall–Kier alpha value is -3.30. The fourth-order valence-corrected chi connectivity index (χ4v) is 6.13. The fraction of sp³-hybridized carbons (Fsp3) is 0.562. The van der Waals surface area contributed by atoms with E-state index in [1.165, 1.54) is 12.8 Å². The lowest BCUT2D eigenvalue weighted by Gasteiger charge is -2.42. The van der Waals surface area contributed by atoms with E-state index in [4.69, 9.17) is 15.2 Å². The molecule has 3 N–H and O–H groups in total. The van der Waals surface area contributed by atoms with E-state index < -0.39 is 6.09 Å². The largest absolute Gasteiger partial charge is 0.495 e.